The van der Waals surface area contributed by atoms with E-state index in [-0.39, 0.29) is 23.2 Å². The summed E-state index contributed by atoms with van der Waals surface area (Å²) < 4.78 is 33.8. The van der Waals surface area contributed by atoms with Crippen molar-refractivity contribution in [3.05, 3.63) is 69.8 Å². The van der Waals surface area contributed by atoms with Gasteiger partial charge in [-0.1, -0.05) is 47.5 Å². The Morgan fingerprint density at radius 1 is 1.15 bits per heavy atom. The molecule has 1 atom stereocenters. The van der Waals surface area contributed by atoms with Gasteiger partial charge in [-0.15, -0.1) is 0 Å². The Morgan fingerprint density at radius 3 is 2.64 bits per heavy atom. The first-order valence-electron chi connectivity index (χ1n) is 10.4. The molecule has 10 heteroatoms. The molecule has 1 aliphatic heterocycles. The number of halogens is 2. The van der Waals surface area contributed by atoms with Crippen LogP contribution in [-0.4, -0.2) is 49.4 Å². The lowest BCUT2D eigenvalue weighted by molar-refractivity contribution is 0.0603. The van der Waals surface area contributed by atoms with Gasteiger partial charge in [-0.05, 0) is 36.6 Å². The van der Waals surface area contributed by atoms with Gasteiger partial charge >= 0.3 is 5.97 Å². The zero-order valence-electron chi connectivity index (χ0n) is 17.8. The van der Waals surface area contributed by atoms with E-state index in [2.05, 4.69) is 0 Å². The van der Waals surface area contributed by atoms with Crippen molar-refractivity contribution in [3.63, 3.8) is 0 Å². The zero-order valence-corrected chi connectivity index (χ0v) is 20.2. The molecular weight excluding hydrogens is 487 g/mol. The Hall–Kier alpha value is -2.39. The monoisotopic (exact) mass is 508 g/mol. The summed E-state index contributed by atoms with van der Waals surface area (Å²) in [4.78, 5) is 25.6. The highest BCUT2D eigenvalue weighted by Crippen LogP contribution is 2.29. The topological polar surface area (TPSA) is 85.7 Å². The van der Waals surface area contributed by atoms with Crippen LogP contribution in [-0.2, 0) is 20.5 Å². The van der Waals surface area contributed by atoms with Gasteiger partial charge in [-0.3, -0.25) is 9.36 Å². The van der Waals surface area contributed by atoms with E-state index in [0.29, 0.717) is 46.4 Å². The Kier molecular flexibility index (Phi) is 6.81. The molecule has 3 aromatic rings. The van der Waals surface area contributed by atoms with E-state index in [9.17, 15) is 18.0 Å². The Morgan fingerprint density at radius 2 is 1.91 bits per heavy atom. The summed E-state index contributed by atoms with van der Waals surface area (Å²) in [6.07, 6.45) is 2.57. The third-order valence-corrected chi connectivity index (χ3v) is 8.22. The first-order valence-corrected chi connectivity index (χ1v) is 12.7. The number of piperidine rings is 1. The first-order chi connectivity index (χ1) is 15.7. The zero-order chi connectivity index (χ0) is 23.8. The molecule has 0 spiro atoms. The van der Waals surface area contributed by atoms with Crippen molar-refractivity contribution >= 4 is 56.0 Å². The Labute approximate surface area is 201 Å². The molecule has 1 aliphatic rings. The second-order valence-electron chi connectivity index (χ2n) is 7.95. The normalized spacial score (nSPS) is 17.2. The molecule has 1 aromatic heterocycles. The number of benzene rings is 2. The van der Waals surface area contributed by atoms with Crippen LogP contribution in [0.25, 0.3) is 10.9 Å². The standard InChI is InChI=1S/C23H22Cl2N2O5S/c1-32-23(29)19-13-27(21-7-3-2-6-18(19)21)22(28)15-5-4-10-26(12-15)33(30,31)14-16-8-9-17(24)11-20(16)25/h2-3,6-9,11,13,15H,4-5,10,12,14H2,1H3/t15-/m1/s1. The van der Waals surface area contributed by atoms with Crippen molar-refractivity contribution in [2.75, 3.05) is 20.2 Å². The molecule has 1 fully saturated rings. The molecular formula is C23H22Cl2N2O5S. The number of para-hydroxylation sites is 1. The predicted molar refractivity (Wildman–Crippen MR) is 127 cm³/mol. The van der Waals surface area contributed by atoms with Gasteiger partial charge in [0.2, 0.25) is 15.9 Å². The fourth-order valence-corrected chi connectivity index (χ4v) is 6.35. The summed E-state index contributed by atoms with van der Waals surface area (Å²) >= 11 is 12.1. The van der Waals surface area contributed by atoms with Crippen LogP contribution >= 0.6 is 23.2 Å². The van der Waals surface area contributed by atoms with Crippen LogP contribution < -0.4 is 0 Å². The van der Waals surface area contributed by atoms with Crippen LogP contribution in [0.15, 0.2) is 48.7 Å². The smallest absolute Gasteiger partial charge is 0.340 e. The molecule has 2 heterocycles. The second kappa shape index (κ2) is 9.46. The first kappa shape index (κ1) is 23.8. The molecule has 7 nitrogen and oxygen atoms in total. The highest BCUT2D eigenvalue weighted by atomic mass is 35.5. The summed E-state index contributed by atoms with van der Waals surface area (Å²) in [6, 6.07) is 11.7. The fraction of sp³-hybridized carbons (Fsp3) is 0.304. The molecule has 0 aliphatic carbocycles. The predicted octanol–water partition coefficient (Wildman–Crippen LogP) is 4.62. The second-order valence-corrected chi connectivity index (χ2v) is 10.8. The van der Waals surface area contributed by atoms with Crippen LogP contribution in [0.2, 0.25) is 10.0 Å². The molecule has 0 unspecified atom stereocenters. The number of nitrogens with zero attached hydrogens (tertiary/aromatic N) is 2. The van der Waals surface area contributed by atoms with E-state index in [4.69, 9.17) is 27.9 Å². The van der Waals surface area contributed by atoms with Gasteiger partial charge in [0.1, 0.15) is 0 Å². The lowest BCUT2D eigenvalue weighted by atomic mass is 9.98. The van der Waals surface area contributed by atoms with Crippen LogP contribution in [0, 0.1) is 5.92 Å². The number of rotatable bonds is 5. The van der Waals surface area contributed by atoms with Crippen LogP contribution in [0.4, 0.5) is 0 Å². The molecule has 2 aromatic carbocycles. The number of aromatic nitrogens is 1. The van der Waals surface area contributed by atoms with Crippen molar-refractivity contribution in [2.24, 2.45) is 5.92 Å². The summed E-state index contributed by atoms with van der Waals surface area (Å²) in [6.45, 7) is 0.392. The quantitative estimate of drug-likeness (QED) is 0.469. The SMILES string of the molecule is COC(=O)c1cn(C(=O)[C@@H]2CCCN(S(=O)(=O)Cc3ccc(Cl)cc3Cl)C2)c2ccccc12. The molecule has 0 amide bonds. The van der Waals surface area contributed by atoms with Crippen molar-refractivity contribution in [3.8, 4) is 0 Å². The lowest BCUT2D eigenvalue weighted by Gasteiger charge is -2.31. The van der Waals surface area contributed by atoms with Gasteiger partial charge in [-0.2, -0.15) is 0 Å². The number of carbonyl (C=O) groups is 2. The summed E-state index contributed by atoms with van der Waals surface area (Å²) in [7, 11) is -2.42. The van der Waals surface area contributed by atoms with Gasteiger partial charge in [0.25, 0.3) is 0 Å². The number of esters is 1. The number of sulfonamides is 1. The summed E-state index contributed by atoms with van der Waals surface area (Å²) in [5.74, 6) is -1.62. The van der Waals surface area contributed by atoms with Crippen molar-refractivity contribution in [2.45, 2.75) is 18.6 Å². The molecule has 174 valence electrons. The van der Waals surface area contributed by atoms with Crippen molar-refractivity contribution in [1.29, 1.82) is 0 Å². The summed E-state index contributed by atoms with van der Waals surface area (Å²) in [5, 5.41) is 1.32. The minimum absolute atomic E-state index is 0.0619. The van der Waals surface area contributed by atoms with E-state index in [1.807, 2.05) is 0 Å². The van der Waals surface area contributed by atoms with E-state index in [1.165, 1.54) is 28.2 Å². The third kappa shape index (κ3) is 4.80. The minimum Gasteiger partial charge on any atom is -0.465 e. The average Bonchev–Trinajstić information content (AvgIpc) is 3.20. The number of ether oxygens (including phenoxy) is 1. The van der Waals surface area contributed by atoms with Gasteiger partial charge in [0, 0.05) is 34.7 Å². The maximum absolute atomic E-state index is 13.4. The van der Waals surface area contributed by atoms with Crippen LogP contribution in [0.3, 0.4) is 0 Å². The van der Waals surface area contributed by atoms with Crippen molar-refractivity contribution in [1.82, 2.24) is 8.87 Å². The largest absolute Gasteiger partial charge is 0.465 e. The maximum Gasteiger partial charge on any atom is 0.340 e. The Balaban J connectivity index is 1.59. The number of fused-ring (bicyclic) bond motifs is 1. The number of methoxy groups -OCH3 is 1. The maximum atomic E-state index is 13.4. The number of carbonyl (C=O) groups excluding carboxylic acids is 2. The summed E-state index contributed by atoms with van der Waals surface area (Å²) in [5.41, 5.74) is 1.32. The Bertz CT molecular complexity index is 1340. The highest BCUT2D eigenvalue weighted by molar-refractivity contribution is 7.88. The number of hydrogen-bond acceptors (Lipinski definition) is 5. The molecule has 0 N–H and O–H groups in total. The fourth-order valence-electron chi connectivity index (χ4n) is 4.15. The molecule has 33 heavy (non-hydrogen) atoms. The van der Waals surface area contributed by atoms with Gasteiger partial charge in [0.05, 0.1) is 29.9 Å². The van der Waals surface area contributed by atoms with Crippen molar-refractivity contribution < 1.29 is 22.7 Å². The lowest BCUT2D eigenvalue weighted by Crippen LogP contribution is -2.43. The van der Waals surface area contributed by atoms with Crippen LogP contribution in [0.5, 0.6) is 0 Å². The van der Waals surface area contributed by atoms with Gasteiger partial charge < -0.3 is 4.74 Å². The van der Waals surface area contributed by atoms with E-state index >= 15 is 0 Å². The molecule has 4 rings (SSSR count). The average molecular weight is 509 g/mol. The molecule has 0 saturated carbocycles. The van der Waals surface area contributed by atoms with E-state index in [0.717, 1.165) is 0 Å². The third-order valence-electron chi connectivity index (χ3n) is 5.83. The highest BCUT2D eigenvalue weighted by Gasteiger charge is 2.34. The van der Waals surface area contributed by atoms with Gasteiger partial charge in [-0.25, -0.2) is 17.5 Å². The van der Waals surface area contributed by atoms with E-state index < -0.39 is 21.9 Å². The number of hydrogen-bond donors (Lipinski definition) is 0. The molecule has 0 radical (unpaired) electrons. The molecule has 1 saturated heterocycles. The van der Waals surface area contributed by atoms with Gasteiger partial charge in [0.15, 0.2) is 0 Å². The van der Waals surface area contributed by atoms with E-state index in [1.54, 1.807) is 36.4 Å². The molecule has 0 bridgehead atoms. The minimum atomic E-state index is -3.70. The van der Waals surface area contributed by atoms with Crippen LogP contribution in [0.1, 0.15) is 33.6 Å².